The summed E-state index contributed by atoms with van der Waals surface area (Å²) in [5, 5.41) is 3.54. The highest BCUT2D eigenvalue weighted by atomic mass is 79.9. The van der Waals surface area contributed by atoms with E-state index in [1.165, 1.54) is 0 Å². The van der Waals surface area contributed by atoms with Gasteiger partial charge in [-0.1, -0.05) is 39.1 Å². The first-order valence-electron chi connectivity index (χ1n) is 6.90. The molecular weight excluding hydrogens is 405 g/mol. The van der Waals surface area contributed by atoms with Crippen molar-refractivity contribution in [3.8, 4) is 11.5 Å². The normalized spacial score (nSPS) is 13.3. The summed E-state index contributed by atoms with van der Waals surface area (Å²) in [6.45, 7) is 1.06. The molecule has 2 aromatic rings. The first-order valence-corrected chi connectivity index (χ1v) is 8.45. The van der Waals surface area contributed by atoms with Crippen molar-refractivity contribution in [3.63, 3.8) is 0 Å². The molecular formula is C16H12BrCl2NO3. The zero-order chi connectivity index (χ0) is 16.4. The van der Waals surface area contributed by atoms with Gasteiger partial charge >= 0.3 is 0 Å². The summed E-state index contributed by atoms with van der Waals surface area (Å²) in [6, 6.07) is 8.39. The van der Waals surface area contributed by atoms with Gasteiger partial charge in [0, 0.05) is 16.5 Å². The Balaban J connectivity index is 1.87. The molecule has 7 heteroatoms. The zero-order valence-electron chi connectivity index (χ0n) is 11.9. The highest BCUT2D eigenvalue weighted by Crippen LogP contribution is 2.38. The van der Waals surface area contributed by atoms with Crippen LogP contribution in [0.2, 0.25) is 10.0 Å². The van der Waals surface area contributed by atoms with Crippen molar-refractivity contribution in [2.45, 2.75) is 6.42 Å². The van der Waals surface area contributed by atoms with E-state index < -0.39 is 0 Å². The van der Waals surface area contributed by atoms with E-state index in [-0.39, 0.29) is 5.91 Å². The van der Waals surface area contributed by atoms with E-state index in [4.69, 9.17) is 32.7 Å². The molecule has 0 spiro atoms. The SMILES string of the molecule is O=C(Nc1ccc(Br)cc1Cl)c1cc(Cl)c2c(c1)OCCCO2. The fourth-order valence-electron chi connectivity index (χ4n) is 2.15. The summed E-state index contributed by atoms with van der Waals surface area (Å²) in [7, 11) is 0. The van der Waals surface area contributed by atoms with Crippen LogP contribution >= 0.6 is 39.1 Å². The molecule has 0 saturated carbocycles. The van der Waals surface area contributed by atoms with Gasteiger partial charge in [0.15, 0.2) is 11.5 Å². The van der Waals surface area contributed by atoms with Crippen molar-refractivity contribution < 1.29 is 14.3 Å². The number of fused-ring (bicyclic) bond motifs is 1. The Morgan fingerprint density at radius 2 is 1.87 bits per heavy atom. The van der Waals surface area contributed by atoms with E-state index in [9.17, 15) is 4.79 Å². The number of hydrogen-bond acceptors (Lipinski definition) is 3. The number of rotatable bonds is 2. The molecule has 0 unspecified atom stereocenters. The molecule has 1 N–H and O–H groups in total. The minimum atomic E-state index is -0.327. The van der Waals surface area contributed by atoms with Gasteiger partial charge in [-0.15, -0.1) is 0 Å². The van der Waals surface area contributed by atoms with Crippen molar-refractivity contribution in [2.75, 3.05) is 18.5 Å². The van der Waals surface area contributed by atoms with Gasteiger partial charge in [-0.25, -0.2) is 0 Å². The Hall–Kier alpha value is -1.43. The zero-order valence-corrected chi connectivity index (χ0v) is 15.0. The number of anilines is 1. The molecule has 0 saturated heterocycles. The summed E-state index contributed by atoms with van der Waals surface area (Å²) in [6.07, 6.45) is 0.765. The van der Waals surface area contributed by atoms with Crippen LogP contribution < -0.4 is 14.8 Å². The van der Waals surface area contributed by atoms with E-state index in [0.29, 0.717) is 46.0 Å². The predicted molar refractivity (Wildman–Crippen MR) is 94.2 cm³/mol. The van der Waals surface area contributed by atoms with Crippen LogP contribution in [0.25, 0.3) is 0 Å². The molecule has 4 nitrogen and oxygen atoms in total. The Morgan fingerprint density at radius 1 is 1.09 bits per heavy atom. The highest BCUT2D eigenvalue weighted by Gasteiger charge is 2.19. The smallest absolute Gasteiger partial charge is 0.255 e. The summed E-state index contributed by atoms with van der Waals surface area (Å²) >= 11 is 15.6. The molecule has 0 radical (unpaired) electrons. The predicted octanol–water partition coefficient (Wildman–Crippen LogP) is 5.17. The van der Waals surface area contributed by atoms with Crippen LogP contribution in [0.4, 0.5) is 5.69 Å². The monoisotopic (exact) mass is 415 g/mol. The second kappa shape index (κ2) is 6.99. The van der Waals surface area contributed by atoms with Gasteiger partial charge in [-0.3, -0.25) is 4.79 Å². The minimum Gasteiger partial charge on any atom is -0.489 e. The first kappa shape index (κ1) is 16.4. The minimum absolute atomic E-state index is 0.327. The lowest BCUT2D eigenvalue weighted by Crippen LogP contribution is -2.12. The van der Waals surface area contributed by atoms with Gasteiger partial charge in [-0.05, 0) is 30.3 Å². The number of carbonyl (C=O) groups excluding carboxylic acids is 1. The van der Waals surface area contributed by atoms with Crippen LogP contribution in [0.5, 0.6) is 11.5 Å². The van der Waals surface area contributed by atoms with Crippen LogP contribution in [0.15, 0.2) is 34.8 Å². The summed E-state index contributed by atoms with van der Waals surface area (Å²) in [4.78, 5) is 12.4. The van der Waals surface area contributed by atoms with E-state index in [1.54, 1.807) is 30.3 Å². The Labute approximate surface area is 151 Å². The molecule has 0 atom stereocenters. The van der Waals surface area contributed by atoms with Crippen molar-refractivity contribution >= 4 is 50.7 Å². The van der Waals surface area contributed by atoms with Crippen LogP contribution in [0.1, 0.15) is 16.8 Å². The van der Waals surface area contributed by atoms with Gasteiger partial charge in [0.2, 0.25) is 0 Å². The molecule has 23 heavy (non-hydrogen) atoms. The van der Waals surface area contributed by atoms with Crippen LogP contribution in [0.3, 0.4) is 0 Å². The highest BCUT2D eigenvalue weighted by molar-refractivity contribution is 9.10. The number of benzene rings is 2. The maximum Gasteiger partial charge on any atom is 0.255 e. The van der Waals surface area contributed by atoms with E-state index in [2.05, 4.69) is 21.2 Å². The quantitative estimate of drug-likeness (QED) is 0.734. The van der Waals surface area contributed by atoms with E-state index in [0.717, 1.165) is 10.9 Å². The van der Waals surface area contributed by atoms with Gasteiger partial charge in [0.1, 0.15) is 0 Å². The standard InChI is InChI=1S/C16H12BrCl2NO3/c17-10-2-3-13(11(18)8-10)20-16(21)9-6-12(19)15-14(7-9)22-4-1-5-23-15/h2-3,6-8H,1,4-5H2,(H,20,21). The van der Waals surface area contributed by atoms with E-state index in [1.807, 2.05) is 0 Å². The third-order valence-electron chi connectivity index (χ3n) is 3.24. The Morgan fingerprint density at radius 3 is 2.65 bits per heavy atom. The number of nitrogens with one attached hydrogen (secondary N) is 1. The number of halogens is 3. The topological polar surface area (TPSA) is 47.6 Å². The molecule has 3 rings (SSSR count). The second-order valence-electron chi connectivity index (χ2n) is 4.91. The third kappa shape index (κ3) is 3.74. The van der Waals surface area contributed by atoms with Gasteiger partial charge in [-0.2, -0.15) is 0 Å². The number of carbonyl (C=O) groups is 1. The molecule has 0 bridgehead atoms. The first-order chi connectivity index (χ1) is 11.0. The van der Waals surface area contributed by atoms with E-state index >= 15 is 0 Å². The molecule has 120 valence electrons. The maximum atomic E-state index is 12.4. The lowest BCUT2D eigenvalue weighted by Gasteiger charge is -2.12. The lowest BCUT2D eigenvalue weighted by molar-refractivity contribution is 0.102. The third-order valence-corrected chi connectivity index (χ3v) is 4.33. The fourth-order valence-corrected chi connectivity index (χ4v) is 3.13. The molecule has 0 fully saturated rings. The van der Waals surface area contributed by atoms with Crippen molar-refractivity contribution in [1.82, 2.24) is 0 Å². The van der Waals surface area contributed by atoms with Crippen molar-refractivity contribution in [2.24, 2.45) is 0 Å². The number of hydrogen-bond donors (Lipinski definition) is 1. The van der Waals surface area contributed by atoms with Crippen LogP contribution in [-0.2, 0) is 0 Å². The number of ether oxygens (including phenoxy) is 2. The molecule has 2 aromatic carbocycles. The van der Waals surface area contributed by atoms with Gasteiger partial charge < -0.3 is 14.8 Å². The van der Waals surface area contributed by atoms with Gasteiger partial charge in [0.05, 0.1) is 28.9 Å². The molecule has 1 amide bonds. The van der Waals surface area contributed by atoms with Crippen molar-refractivity contribution in [1.29, 1.82) is 0 Å². The Kier molecular flexibility index (Phi) is 4.99. The summed E-state index contributed by atoms with van der Waals surface area (Å²) in [5.41, 5.74) is 0.890. The Bertz CT molecular complexity index is 767. The largest absolute Gasteiger partial charge is 0.489 e. The maximum absolute atomic E-state index is 12.4. The van der Waals surface area contributed by atoms with Gasteiger partial charge in [0.25, 0.3) is 5.91 Å². The molecule has 1 aliphatic heterocycles. The fraction of sp³-hybridized carbons (Fsp3) is 0.188. The molecule has 0 aliphatic carbocycles. The summed E-state index contributed by atoms with van der Waals surface area (Å²) < 4.78 is 12.0. The number of amides is 1. The lowest BCUT2D eigenvalue weighted by atomic mass is 10.1. The average molecular weight is 417 g/mol. The molecule has 0 aromatic heterocycles. The van der Waals surface area contributed by atoms with Crippen LogP contribution in [-0.4, -0.2) is 19.1 Å². The van der Waals surface area contributed by atoms with Crippen LogP contribution in [0, 0.1) is 0 Å². The average Bonchev–Trinajstić information content (AvgIpc) is 2.75. The molecule has 1 aliphatic rings. The molecule has 1 heterocycles. The second-order valence-corrected chi connectivity index (χ2v) is 6.64. The summed E-state index contributed by atoms with van der Waals surface area (Å²) in [5.74, 6) is 0.621. The van der Waals surface area contributed by atoms with Crippen molar-refractivity contribution in [3.05, 3.63) is 50.4 Å².